The number of fused-ring (bicyclic) bond motifs is 4. The van der Waals surface area contributed by atoms with Gasteiger partial charge in [-0.05, 0) is 48.0 Å². The highest BCUT2D eigenvalue weighted by Crippen LogP contribution is 2.40. The minimum Gasteiger partial charge on any atom is -0.495 e. The van der Waals surface area contributed by atoms with E-state index < -0.39 is 10.0 Å². The first-order chi connectivity index (χ1) is 15.7. The molecular weight excluding hydrogens is 462 g/mol. The van der Waals surface area contributed by atoms with E-state index in [0.717, 1.165) is 39.3 Å². The molecule has 0 unspecified atom stereocenters. The second kappa shape index (κ2) is 7.79. The van der Waals surface area contributed by atoms with E-state index in [0.29, 0.717) is 27.9 Å². The fourth-order valence-electron chi connectivity index (χ4n) is 3.95. The van der Waals surface area contributed by atoms with E-state index >= 15 is 0 Å². The summed E-state index contributed by atoms with van der Waals surface area (Å²) in [6.45, 7) is 0. The second-order valence-corrected chi connectivity index (χ2v) is 9.77. The predicted molar refractivity (Wildman–Crippen MR) is 133 cm³/mol. The Labute approximate surface area is 195 Å². The lowest BCUT2D eigenvalue weighted by Crippen LogP contribution is -2.09. The second-order valence-electron chi connectivity index (χ2n) is 7.69. The van der Waals surface area contributed by atoms with E-state index in [1.165, 1.54) is 0 Å². The number of imidazole rings is 1. The summed E-state index contributed by atoms with van der Waals surface area (Å²) in [5.74, 6) is 0.550. The van der Waals surface area contributed by atoms with Crippen LogP contribution in [0.5, 0.6) is 5.75 Å². The van der Waals surface area contributed by atoms with Gasteiger partial charge < -0.3 is 14.6 Å². The Morgan fingerprint density at radius 1 is 1.03 bits per heavy atom. The van der Waals surface area contributed by atoms with E-state index in [2.05, 4.69) is 15.0 Å². The molecule has 2 heterocycles. The van der Waals surface area contributed by atoms with Crippen LogP contribution in [-0.4, -0.2) is 36.3 Å². The first-order valence-electron chi connectivity index (χ1n) is 10.0. The summed E-state index contributed by atoms with van der Waals surface area (Å²) in [6, 6.07) is 16.7. The van der Waals surface area contributed by atoms with E-state index in [1.54, 1.807) is 25.3 Å². The van der Waals surface area contributed by atoms with Crippen molar-refractivity contribution in [3.8, 4) is 5.75 Å². The number of halogens is 1. The molecule has 0 aliphatic carbocycles. The minimum absolute atomic E-state index is 0.369. The van der Waals surface area contributed by atoms with Gasteiger partial charge in [0, 0.05) is 12.4 Å². The molecule has 0 fully saturated rings. The number of rotatable bonds is 5. The van der Waals surface area contributed by atoms with Crippen LogP contribution in [0.2, 0.25) is 5.28 Å². The van der Waals surface area contributed by atoms with Gasteiger partial charge in [0.1, 0.15) is 11.3 Å². The van der Waals surface area contributed by atoms with Gasteiger partial charge >= 0.3 is 0 Å². The smallest absolute Gasteiger partial charge is 0.229 e. The van der Waals surface area contributed by atoms with Crippen molar-refractivity contribution in [1.82, 2.24) is 14.5 Å². The monoisotopic (exact) mass is 481 g/mol. The number of anilines is 3. The molecule has 8 nitrogen and oxygen atoms in total. The number of nitrogens with one attached hydrogen (secondary N) is 2. The summed E-state index contributed by atoms with van der Waals surface area (Å²) in [6.07, 6.45) is 1.11. The molecule has 0 atom stereocenters. The third kappa shape index (κ3) is 3.79. The van der Waals surface area contributed by atoms with Crippen LogP contribution in [0, 0.1) is 0 Å². The lowest BCUT2D eigenvalue weighted by atomic mass is 10.1. The summed E-state index contributed by atoms with van der Waals surface area (Å²) >= 11 is 6.34. The highest BCUT2D eigenvalue weighted by molar-refractivity contribution is 7.92. The van der Waals surface area contributed by atoms with Gasteiger partial charge in [-0.2, -0.15) is 0 Å². The third-order valence-electron chi connectivity index (χ3n) is 5.40. The molecule has 0 saturated heterocycles. The highest BCUT2D eigenvalue weighted by atomic mass is 35.5. The average molecular weight is 482 g/mol. The van der Waals surface area contributed by atoms with Gasteiger partial charge in [-0.15, -0.1) is 0 Å². The largest absolute Gasteiger partial charge is 0.495 e. The van der Waals surface area contributed by atoms with Crippen molar-refractivity contribution in [2.24, 2.45) is 7.05 Å². The highest BCUT2D eigenvalue weighted by Gasteiger charge is 2.18. The SMILES string of the molecule is COc1ccc(NS(C)(=O)=O)cc1Nc1c2ccccc2nc2ccc3c(nc(Cl)n3C)c12. The summed E-state index contributed by atoms with van der Waals surface area (Å²) in [7, 11) is -0.0278. The van der Waals surface area contributed by atoms with Crippen LogP contribution in [0.15, 0.2) is 54.6 Å². The van der Waals surface area contributed by atoms with Gasteiger partial charge in [-0.3, -0.25) is 4.72 Å². The number of aryl methyl sites for hydroxylation is 1. The van der Waals surface area contributed by atoms with Crippen molar-refractivity contribution in [2.45, 2.75) is 0 Å². The molecule has 0 spiro atoms. The maximum atomic E-state index is 11.8. The van der Waals surface area contributed by atoms with Crippen molar-refractivity contribution in [3.05, 3.63) is 59.9 Å². The average Bonchev–Trinajstić information content (AvgIpc) is 3.06. The van der Waals surface area contributed by atoms with E-state index in [9.17, 15) is 8.42 Å². The molecule has 168 valence electrons. The molecule has 0 bridgehead atoms. The molecule has 3 aromatic carbocycles. The van der Waals surface area contributed by atoms with Crippen LogP contribution in [0.4, 0.5) is 17.1 Å². The molecule has 2 N–H and O–H groups in total. The number of para-hydroxylation sites is 1. The summed E-state index contributed by atoms with van der Waals surface area (Å²) in [5.41, 5.74) is 4.90. The molecule has 0 saturated carbocycles. The molecule has 5 rings (SSSR count). The van der Waals surface area contributed by atoms with Crippen molar-refractivity contribution >= 4 is 71.5 Å². The number of hydrogen-bond donors (Lipinski definition) is 2. The number of benzene rings is 3. The summed E-state index contributed by atoms with van der Waals surface area (Å²) in [4.78, 5) is 9.41. The van der Waals surface area contributed by atoms with Gasteiger partial charge in [-0.25, -0.2) is 18.4 Å². The van der Waals surface area contributed by atoms with Crippen LogP contribution < -0.4 is 14.8 Å². The van der Waals surface area contributed by atoms with Gasteiger partial charge in [0.05, 0.1) is 52.4 Å². The molecule has 0 radical (unpaired) electrons. The predicted octanol–water partition coefficient (Wildman–Crippen LogP) is 5.05. The maximum Gasteiger partial charge on any atom is 0.229 e. The normalized spacial score (nSPS) is 11.9. The van der Waals surface area contributed by atoms with E-state index in [1.807, 2.05) is 48.0 Å². The lowest BCUT2D eigenvalue weighted by molar-refractivity contribution is 0.417. The number of hydrogen-bond acceptors (Lipinski definition) is 6. The van der Waals surface area contributed by atoms with Gasteiger partial charge in [-0.1, -0.05) is 18.2 Å². The van der Waals surface area contributed by atoms with Gasteiger partial charge in [0.15, 0.2) is 0 Å². The molecule has 2 aromatic heterocycles. The number of methoxy groups -OCH3 is 1. The van der Waals surface area contributed by atoms with Crippen molar-refractivity contribution in [2.75, 3.05) is 23.4 Å². The Balaban J connectivity index is 1.81. The Morgan fingerprint density at radius 2 is 1.82 bits per heavy atom. The van der Waals surface area contributed by atoms with Crippen LogP contribution in [0.25, 0.3) is 32.8 Å². The van der Waals surface area contributed by atoms with Crippen LogP contribution in [-0.2, 0) is 17.1 Å². The standard InChI is InChI=1S/C23H20ClN5O3S/c1-29-18-10-9-16-20(22(18)27-23(29)24)21(14-6-4-5-7-15(14)25-16)26-17-12-13(28-33(3,30)31)8-11-19(17)32-2/h4-12,28H,1-3H3,(H,25,26). The fourth-order valence-corrected chi connectivity index (χ4v) is 4.69. The van der Waals surface area contributed by atoms with E-state index in [-0.39, 0.29) is 0 Å². The zero-order chi connectivity index (χ0) is 23.3. The van der Waals surface area contributed by atoms with Crippen LogP contribution in [0.3, 0.4) is 0 Å². The molecular formula is C23H20ClN5O3S. The zero-order valence-electron chi connectivity index (χ0n) is 18.0. The van der Waals surface area contributed by atoms with Crippen molar-refractivity contribution in [3.63, 3.8) is 0 Å². The molecule has 5 aromatic rings. The summed E-state index contributed by atoms with van der Waals surface area (Å²) < 4.78 is 33.4. The summed E-state index contributed by atoms with van der Waals surface area (Å²) in [5, 5.41) is 5.51. The minimum atomic E-state index is -3.44. The molecule has 0 aliphatic heterocycles. The Morgan fingerprint density at radius 3 is 2.58 bits per heavy atom. The third-order valence-corrected chi connectivity index (χ3v) is 6.35. The molecule has 0 amide bonds. The van der Waals surface area contributed by atoms with Crippen LogP contribution in [0.1, 0.15) is 0 Å². The first-order valence-corrected chi connectivity index (χ1v) is 12.3. The number of pyridine rings is 1. The van der Waals surface area contributed by atoms with Crippen molar-refractivity contribution in [1.29, 1.82) is 0 Å². The Bertz CT molecular complexity index is 1660. The Hall–Kier alpha value is -3.56. The molecule has 0 aliphatic rings. The number of ether oxygens (including phenoxy) is 1. The maximum absolute atomic E-state index is 11.8. The van der Waals surface area contributed by atoms with E-state index in [4.69, 9.17) is 21.3 Å². The molecule has 10 heteroatoms. The fraction of sp³-hybridized carbons (Fsp3) is 0.130. The number of nitrogens with zero attached hydrogens (tertiary/aromatic N) is 3. The quantitative estimate of drug-likeness (QED) is 0.341. The number of sulfonamides is 1. The number of aromatic nitrogens is 3. The lowest BCUT2D eigenvalue weighted by Gasteiger charge is -2.17. The first kappa shape index (κ1) is 21.3. The van der Waals surface area contributed by atoms with Crippen LogP contribution >= 0.6 is 11.6 Å². The molecule has 33 heavy (non-hydrogen) atoms. The Kier molecular flexibility index (Phi) is 5.02. The topological polar surface area (TPSA) is 98.1 Å². The zero-order valence-corrected chi connectivity index (χ0v) is 19.6. The van der Waals surface area contributed by atoms with Gasteiger partial charge in [0.25, 0.3) is 0 Å². The van der Waals surface area contributed by atoms with Crippen molar-refractivity contribution < 1.29 is 13.2 Å². The van der Waals surface area contributed by atoms with Gasteiger partial charge in [0.2, 0.25) is 15.3 Å².